The van der Waals surface area contributed by atoms with E-state index in [1.54, 1.807) is 30.6 Å². The van der Waals surface area contributed by atoms with Crippen LogP contribution in [0.25, 0.3) is 0 Å². The van der Waals surface area contributed by atoms with Crippen molar-refractivity contribution in [1.29, 1.82) is 0 Å². The third-order valence-electron chi connectivity index (χ3n) is 3.32. The quantitative estimate of drug-likeness (QED) is 0.663. The number of thioether (sulfide) groups is 1. The molecule has 0 aliphatic rings. The minimum Gasteiger partial charge on any atom is -0.340 e. The van der Waals surface area contributed by atoms with Crippen LogP contribution in [0.2, 0.25) is 0 Å². The van der Waals surface area contributed by atoms with Crippen LogP contribution in [0.15, 0.2) is 28.7 Å². The zero-order chi connectivity index (χ0) is 17.5. The van der Waals surface area contributed by atoms with Gasteiger partial charge in [-0.25, -0.2) is 13.1 Å². The van der Waals surface area contributed by atoms with E-state index in [4.69, 9.17) is 0 Å². The van der Waals surface area contributed by atoms with Crippen LogP contribution in [0.3, 0.4) is 0 Å². The van der Waals surface area contributed by atoms with Gasteiger partial charge in [0.25, 0.3) is 0 Å². The molecule has 0 bridgehead atoms. The lowest BCUT2D eigenvalue weighted by atomic mass is 10.2. The molecule has 1 atom stereocenters. The van der Waals surface area contributed by atoms with Crippen molar-refractivity contribution in [3.8, 4) is 0 Å². The number of nitrogens with one attached hydrogen (secondary N) is 1. The number of carbonyl (C=O) groups excluding carboxylic acids is 1. The summed E-state index contributed by atoms with van der Waals surface area (Å²) in [5.74, 6) is 0.473. The Kier molecular flexibility index (Phi) is 8.60. The van der Waals surface area contributed by atoms with E-state index in [1.807, 2.05) is 30.5 Å². The summed E-state index contributed by atoms with van der Waals surface area (Å²) in [4.78, 5) is 14.2. The van der Waals surface area contributed by atoms with Crippen LogP contribution in [-0.4, -0.2) is 50.1 Å². The number of rotatable bonds is 9. The Bertz CT molecular complexity index is 606. The van der Waals surface area contributed by atoms with E-state index in [2.05, 4.69) is 20.7 Å². The number of hydrogen-bond donors (Lipinski definition) is 1. The Morgan fingerprint density at radius 1 is 1.35 bits per heavy atom. The average Bonchev–Trinajstić information content (AvgIpc) is 2.52. The number of hydrogen-bond acceptors (Lipinski definition) is 4. The SMILES string of the molecule is CCS(=O)(=O)NC(CCSC)C(=O)N(C)Cc1ccc(Br)cc1. The Labute approximate surface area is 151 Å². The van der Waals surface area contributed by atoms with Crippen molar-refractivity contribution in [2.45, 2.75) is 25.9 Å². The molecule has 1 N–H and O–H groups in total. The number of halogens is 1. The first-order valence-corrected chi connectivity index (χ1v) is 11.1. The lowest BCUT2D eigenvalue weighted by Crippen LogP contribution is -2.47. The highest BCUT2D eigenvalue weighted by molar-refractivity contribution is 9.10. The number of nitrogens with zero attached hydrogens (tertiary/aromatic N) is 1. The largest absolute Gasteiger partial charge is 0.340 e. The fourth-order valence-electron chi connectivity index (χ4n) is 1.98. The molecule has 0 aromatic heterocycles. The molecule has 0 saturated carbocycles. The highest BCUT2D eigenvalue weighted by atomic mass is 79.9. The van der Waals surface area contributed by atoms with E-state index >= 15 is 0 Å². The molecule has 0 fully saturated rings. The van der Waals surface area contributed by atoms with Crippen LogP contribution in [0, 0.1) is 0 Å². The van der Waals surface area contributed by atoms with Gasteiger partial charge in [-0.1, -0.05) is 28.1 Å². The van der Waals surface area contributed by atoms with Gasteiger partial charge in [0.15, 0.2) is 0 Å². The van der Waals surface area contributed by atoms with Crippen LogP contribution in [0.1, 0.15) is 18.9 Å². The molecular weight excluding hydrogens is 400 g/mol. The third-order valence-corrected chi connectivity index (χ3v) is 5.90. The second-order valence-corrected chi connectivity index (χ2v) is 9.12. The van der Waals surface area contributed by atoms with Crippen molar-refractivity contribution in [1.82, 2.24) is 9.62 Å². The van der Waals surface area contributed by atoms with Gasteiger partial charge in [-0.15, -0.1) is 0 Å². The zero-order valence-corrected chi connectivity index (χ0v) is 16.8. The molecule has 0 heterocycles. The first-order valence-electron chi connectivity index (χ1n) is 7.27. The highest BCUT2D eigenvalue weighted by Gasteiger charge is 2.25. The summed E-state index contributed by atoms with van der Waals surface area (Å²) in [6, 6.07) is 6.98. The number of amides is 1. The molecule has 0 aliphatic carbocycles. The topological polar surface area (TPSA) is 66.5 Å². The summed E-state index contributed by atoms with van der Waals surface area (Å²) in [5.41, 5.74) is 0.992. The lowest BCUT2D eigenvalue weighted by molar-refractivity contribution is -0.132. The summed E-state index contributed by atoms with van der Waals surface area (Å²) in [6.07, 6.45) is 2.41. The van der Waals surface area contributed by atoms with Gasteiger partial charge in [0, 0.05) is 18.1 Å². The molecule has 0 saturated heterocycles. The molecule has 8 heteroatoms. The van der Waals surface area contributed by atoms with Crippen molar-refractivity contribution in [2.75, 3.05) is 24.8 Å². The van der Waals surface area contributed by atoms with Crippen LogP contribution in [0.4, 0.5) is 0 Å². The molecule has 1 aromatic carbocycles. The molecule has 0 aliphatic heterocycles. The van der Waals surface area contributed by atoms with Gasteiger partial charge in [0.1, 0.15) is 6.04 Å². The van der Waals surface area contributed by atoms with Gasteiger partial charge in [0.2, 0.25) is 15.9 Å². The maximum atomic E-state index is 12.6. The molecule has 0 spiro atoms. The first kappa shape index (κ1) is 20.5. The summed E-state index contributed by atoms with van der Waals surface area (Å²) in [5, 5.41) is 0. The van der Waals surface area contributed by atoms with Gasteiger partial charge in [-0.3, -0.25) is 4.79 Å². The first-order chi connectivity index (χ1) is 10.8. The molecule has 23 heavy (non-hydrogen) atoms. The van der Waals surface area contributed by atoms with Crippen LogP contribution < -0.4 is 4.72 Å². The monoisotopic (exact) mass is 422 g/mol. The molecule has 0 radical (unpaired) electrons. The second kappa shape index (κ2) is 9.66. The fourth-order valence-corrected chi connectivity index (χ4v) is 3.53. The van der Waals surface area contributed by atoms with Crippen molar-refractivity contribution < 1.29 is 13.2 Å². The third kappa shape index (κ3) is 7.24. The highest BCUT2D eigenvalue weighted by Crippen LogP contribution is 2.13. The average molecular weight is 423 g/mol. The van der Waals surface area contributed by atoms with Crippen LogP contribution in [-0.2, 0) is 21.4 Å². The maximum absolute atomic E-state index is 12.6. The maximum Gasteiger partial charge on any atom is 0.240 e. The number of benzene rings is 1. The summed E-state index contributed by atoms with van der Waals surface area (Å²) in [6.45, 7) is 2.00. The molecule has 1 rings (SSSR count). The van der Waals surface area contributed by atoms with Gasteiger partial charge >= 0.3 is 0 Å². The Morgan fingerprint density at radius 3 is 2.48 bits per heavy atom. The van der Waals surface area contributed by atoms with E-state index in [1.165, 1.54) is 0 Å². The minimum atomic E-state index is -3.42. The van der Waals surface area contributed by atoms with E-state index in [-0.39, 0.29) is 11.7 Å². The van der Waals surface area contributed by atoms with E-state index in [0.717, 1.165) is 15.8 Å². The number of likely N-dealkylation sites (N-methyl/N-ethyl adjacent to an activating group) is 1. The van der Waals surface area contributed by atoms with Gasteiger partial charge in [0.05, 0.1) is 5.75 Å². The van der Waals surface area contributed by atoms with Crippen molar-refractivity contribution >= 4 is 43.6 Å². The van der Waals surface area contributed by atoms with Crippen LogP contribution in [0.5, 0.6) is 0 Å². The minimum absolute atomic E-state index is 0.0352. The molecular formula is C15H23BrN2O3S2. The zero-order valence-electron chi connectivity index (χ0n) is 13.6. The standard InChI is InChI=1S/C15H23BrN2O3S2/c1-4-23(20,21)17-14(9-10-22-3)15(19)18(2)11-12-5-7-13(16)8-6-12/h5-8,14,17H,4,9-11H2,1-3H3. The predicted octanol–water partition coefficient (Wildman–Crippen LogP) is 2.47. The molecule has 1 amide bonds. The van der Waals surface area contributed by atoms with Crippen molar-refractivity contribution in [3.63, 3.8) is 0 Å². The van der Waals surface area contributed by atoms with Crippen LogP contribution >= 0.6 is 27.7 Å². The summed E-state index contributed by atoms with van der Waals surface area (Å²) < 4.78 is 27.1. The van der Waals surface area contributed by atoms with Gasteiger partial charge in [-0.2, -0.15) is 11.8 Å². The van der Waals surface area contributed by atoms with Gasteiger partial charge in [-0.05, 0) is 43.0 Å². The smallest absolute Gasteiger partial charge is 0.240 e. The van der Waals surface area contributed by atoms with Crippen molar-refractivity contribution in [2.24, 2.45) is 0 Å². The Balaban J connectivity index is 2.79. The molecule has 130 valence electrons. The second-order valence-electron chi connectivity index (χ2n) is 5.18. The van der Waals surface area contributed by atoms with E-state index in [9.17, 15) is 13.2 Å². The molecule has 5 nitrogen and oxygen atoms in total. The van der Waals surface area contributed by atoms with E-state index in [0.29, 0.717) is 13.0 Å². The number of carbonyl (C=O) groups is 1. The Hall–Kier alpha value is -0.570. The molecule has 1 unspecified atom stereocenters. The normalized spacial score (nSPS) is 12.9. The van der Waals surface area contributed by atoms with Crippen molar-refractivity contribution in [3.05, 3.63) is 34.3 Å². The molecule has 1 aromatic rings. The fraction of sp³-hybridized carbons (Fsp3) is 0.533. The van der Waals surface area contributed by atoms with E-state index < -0.39 is 16.1 Å². The van der Waals surface area contributed by atoms with Gasteiger partial charge < -0.3 is 4.90 Å². The summed E-state index contributed by atoms with van der Waals surface area (Å²) >= 11 is 4.96. The Morgan fingerprint density at radius 2 is 1.96 bits per heavy atom. The number of sulfonamides is 1. The lowest BCUT2D eigenvalue weighted by Gasteiger charge is -2.24. The summed E-state index contributed by atoms with van der Waals surface area (Å²) in [7, 11) is -1.73. The predicted molar refractivity (Wildman–Crippen MR) is 100.0 cm³/mol.